The van der Waals surface area contributed by atoms with Crippen molar-refractivity contribution in [3.63, 3.8) is 0 Å². The second-order valence-corrected chi connectivity index (χ2v) is 6.89. The minimum atomic E-state index is -0.351. The smallest absolute Gasteiger partial charge is 0.323 e. The molecule has 1 atom stereocenters. The number of aromatic nitrogens is 1. The van der Waals surface area contributed by atoms with Crippen molar-refractivity contribution in [1.82, 2.24) is 9.88 Å². The van der Waals surface area contributed by atoms with Gasteiger partial charge in [-0.25, -0.2) is 0 Å². The second-order valence-electron chi connectivity index (χ2n) is 6.89. The standard InChI is InChI=1S/C22H26N2O2.ClH/c1-16(2)23-20(22(25)26-3)13-18-15-24(14-17-9-5-4-6-10-17)21-12-8-7-11-19(18)21;/h4-12,15-16,20,23H,13-14H2,1-3H3;1H. The van der Waals surface area contributed by atoms with Crippen molar-refractivity contribution >= 4 is 29.3 Å². The van der Waals surface area contributed by atoms with Gasteiger partial charge in [-0.1, -0.05) is 62.4 Å². The quantitative estimate of drug-likeness (QED) is 0.619. The summed E-state index contributed by atoms with van der Waals surface area (Å²) in [6, 6.07) is 18.6. The largest absolute Gasteiger partial charge is 0.468 e. The van der Waals surface area contributed by atoms with Crippen LogP contribution >= 0.6 is 12.4 Å². The number of methoxy groups -OCH3 is 1. The molecule has 4 nitrogen and oxygen atoms in total. The third kappa shape index (κ3) is 5.12. The SMILES string of the molecule is COC(=O)C(Cc1cn(Cc2ccccc2)c2ccccc12)NC(C)C.Cl. The van der Waals surface area contributed by atoms with Gasteiger partial charge in [0.1, 0.15) is 6.04 Å². The van der Waals surface area contributed by atoms with Crippen molar-refractivity contribution in [1.29, 1.82) is 0 Å². The number of benzene rings is 2. The van der Waals surface area contributed by atoms with Gasteiger partial charge in [0.15, 0.2) is 0 Å². The third-order valence-corrected chi connectivity index (χ3v) is 4.51. The molecule has 0 aliphatic carbocycles. The lowest BCUT2D eigenvalue weighted by Crippen LogP contribution is -2.43. The first-order chi connectivity index (χ1) is 12.6. The van der Waals surface area contributed by atoms with E-state index in [0.29, 0.717) is 6.42 Å². The van der Waals surface area contributed by atoms with Crippen molar-refractivity contribution in [3.05, 3.63) is 71.9 Å². The number of nitrogens with one attached hydrogen (secondary N) is 1. The molecular formula is C22H27ClN2O2. The fourth-order valence-corrected chi connectivity index (χ4v) is 3.37. The van der Waals surface area contributed by atoms with Crippen LogP contribution in [0.5, 0.6) is 0 Å². The van der Waals surface area contributed by atoms with Crippen LogP contribution in [0.15, 0.2) is 60.8 Å². The van der Waals surface area contributed by atoms with Gasteiger partial charge in [0.25, 0.3) is 0 Å². The van der Waals surface area contributed by atoms with E-state index in [0.717, 1.165) is 12.1 Å². The summed E-state index contributed by atoms with van der Waals surface area (Å²) in [5.41, 5.74) is 3.59. The lowest BCUT2D eigenvalue weighted by Gasteiger charge is -2.18. The summed E-state index contributed by atoms with van der Waals surface area (Å²) in [6.07, 6.45) is 2.77. The van der Waals surface area contributed by atoms with Crippen LogP contribution in [0.25, 0.3) is 10.9 Å². The van der Waals surface area contributed by atoms with E-state index >= 15 is 0 Å². The molecule has 1 unspecified atom stereocenters. The molecule has 0 saturated carbocycles. The number of ether oxygens (including phenoxy) is 1. The van der Waals surface area contributed by atoms with E-state index < -0.39 is 0 Å². The monoisotopic (exact) mass is 386 g/mol. The number of carbonyl (C=O) groups excluding carboxylic acids is 1. The van der Waals surface area contributed by atoms with Gasteiger partial charge in [-0.15, -0.1) is 12.4 Å². The molecule has 0 saturated heterocycles. The zero-order valence-electron chi connectivity index (χ0n) is 16.0. The molecule has 0 aliphatic heterocycles. The molecule has 0 bridgehead atoms. The highest BCUT2D eigenvalue weighted by molar-refractivity contribution is 5.86. The molecule has 0 amide bonds. The van der Waals surface area contributed by atoms with Crippen LogP contribution in [-0.2, 0) is 22.5 Å². The van der Waals surface area contributed by atoms with Gasteiger partial charge in [-0.3, -0.25) is 4.79 Å². The number of hydrogen-bond donors (Lipinski definition) is 1. The van der Waals surface area contributed by atoms with Crippen LogP contribution in [-0.4, -0.2) is 29.7 Å². The Labute approximate surface area is 166 Å². The first kappa shape index (κ1) is 21.0. The van der Waals surface area contributed by atoms with E-state index in [-0.39, 0.29) is 30.5 Å². The first-order valence-corrected chi connectivity index (χ1v) is 9.03. The molecule has 1 N–H and O–H groups in total. The van der Waals surface area contributed by atoms with Crippen molar-refractivity contribution in [2.45, 2.75) is 38.9 Å². The molecule has 27 heavy (non-hydrogen) atoms. The third-order valence-electron chi connectivity index (χ3n) is 4.51. The maximum Gasteiger partial charge on any atom is 0.323 e. The van der Waals surface area contributed by atoms with Crippen LogP contribution in [0.2, 0.25) is 0 Å². The van der Waals surface area contributed by atoms with Crippen LogP contribution in [0.4, 0.5) is 0 Å². The van der Waals surface area contributed by atoms with Gasteiger partial charge in [0, 0.05) is 36.1 Å². The Morgan fingerprint density at radius 1 is 1.07 bits per heavy atom. The zero-order chi connectivity index (χ0) is 18.5. The van der Waals surface area contributed by atoms with E-state index in [1.165, 1.54) is 23.6 Å². The molecule has 144 valence electrons. The average Bonchev–Trinajstić information content (AvgIpc) is 2.99. The van der Waals surface area contributed by atoms with Gasteiger partial charge < -0.3 is 14.6 Å². The topological polar surface area (TPSA) is 43.3 Å². The molecule has 1 heterocycles. The maximum absolute atomic E-state index is 12.2. The maximum atomic E-state index is 12.2. The molecule has 0 spiro atoms. The summed E-state index contributed by atoms with van der Waals surface area (Å²) < 4.78 is 7.25. The van der Waals surface area contributed by atoms with Crippen molar-refractivity contribution in [2.75, 3.05) is 7.11 Å². The van der Waals surface area contributed by atoms with Gasteiger partial charge in [0.2, 0.25) is 0 Å². The highest BCUT2D eigenvalue weighted by Crippen LogP contribution is 2.24. The molecule has 0 radical (unpaired) electrons. The summed E-state index contributed by atoms with van der Waals surface area (Å²) in [4.78, 5) is 12.2. The zero-order valence-corrected chi connectivity index (χ0v) is 16.8. The van der Waals surface area contributed by atoms with Crippen LogP contribution < -0.4 is 5.32 Å². The summed E-state index contributed by atoms with van der Waals surface area (Å²) in [7, 11) is 1.44. The molecule has 0 aliphatic rings. The summed E-state index contributed by atoms with van der Waals surface area (Å²) in [6.45, 7) is 4.88. The predicted octanol–water partition coefficient (Wildman–Crippen LogP) is 4.19. The van der Waals surface area contributed by atoms with Crippen molar-refractivity contribution in [3.8, 4) is 0 Å². The van der Waals surface area contributed by atoms with E-state index in [9.17, 15) is 4.79 Å². The van der Waals surface area contributed by atoms with E-state index in [1.54, 1.807) is 0 Å². The summed E-state index contributed by atoms with van der Waals surface area (Å²) in [5.74, 6) is -0.224. The average molecular weight is 387 g/mol. The second kappa shape index (κ2) is 9.58. The van der Waals surface area contributed by atoms with Gasteiger partial charge in [0.05, 0.1) is 7.11 Å². The number of hydrogen-bond acceptors (Lipinski definition) is 3. The van der Waals surface area contributed by atoms with Crippen LogP contribution in [0.3, 0.4) is 0 Å². The molecule has 2 aromatic carbocycles. The highest BCUT2D eigenvalue weighted by Gasteiger charge is 2.22. The molecule has 3 aromatic rings. The fourth-order valence-electron chi connectivity index (χ4n) is 3.37. The summed E-state index contributed by atoms with van der Waals surface area (Å²) >= 11 is 0. The van der Waals surface area contributed by atoms with Crippen LogP contribution in [0.1, 0.15) is 25.0 Å². The highest BCUT2D eigenvalue weighted by atomic mass is 35.5. The van der Waals surface area contributed by atoms with E-state index in [4.69, 9.17) is 4.74 Å². The van der Waals surface area contributed by atoms with Gasteiger partial charge >= 0.3 is 5.97 Å². The Morgan fingerprint density at radius 3 is 2.41 bits per heavy atom. The van der Waals surface area contributed by atoms with Crippen molar-refractivity contribution < 1.29 is 9.53 Å². The molecule has 0 fully saturated rings. The lowest BCUT2D eigenvalue weighted by molar-refractivity contribution is -0.143. The lowest BCUT2D eigenvalue weighted by atomic mass is 10.0. The first-order valence-electron chi connectivity index (χ1n) is 9.03. The molecule has 1 aromatic heterocycles. The Morgan fingerprint density at radius 2 is 1.74 bits per heavy atom. The number of fused-ring (bicyclic) bond motifs is 1. The summed E-state index contributed by atoms with van der Waals surface area (Å²) in [5, 5.41) is 4.50. The Bertz CT molecular complexity index is 874. The number of carbonyl (C=O) groups is 1. The molecule has 5 heteroatoms. The van der Waals surface area contributed by atoms with E-state index in [2.05, 4.69) is 58.5 Å². The molecule has 3 rings (SSSR count). The number of nitrogens with zero attached hydrogens (tertiary/aromatic N) is 1. The normalized spacial score (nSPS) is 12.0. The number of halogens is 1. The Hall–Kier alpha value is -2.30. The van der Waals surface area contributed by atoms with Crippen LogP contribution in [0, 0.1) is 0 Å². The Kier molecular flexibility index (Phi) is 7.45. The predicted molar refractivity (Wildman–Crippen MR) is 113 cm³/mol. The minimum Gasteiger partial charge on any atom is -0.468 e. The van der Waals surface area contributed by atoms with Gasteiger partial charge in [-0.05, 0) is 17.2 Å². The van der Waals surface area contributed by atoms with Gasteiger partial charge in [-0.2, -0.15) is 0 Å². The number of esters is 1. The Balaban J connectivity index is 0.00000261. The molecular weight excluding hydrogens is 360 g/mol. The number of para-hydroxylation sites is 1. The number of rotatable bonds is 7. The van der Waals surface area contributed by atoms with Crippen molar-refractivity contribution in [2.24, 2.45) is 0 Å². The minimum absolute atomic E-state index is 0. The van der Waals surface area contributed by atoms with E-state index in [1.807, 2.05) is 26.0 Å². The fraction of sp³-hybridized carbons (Fsp3) is 0.318.